The second kappa shape index (κ2) is 10.2. The van der Waals surface area contributed by atoms with Gasteiger partial charge in [-0.1, -0.05) is 18.2 Å². The molecule has 1 N–H and O–H groups in total. The van der Waals surface area contributed by atoms with E-state index in [0.29, 0.717) is 5.69 Å². The summed E-state index contributed by atoms with van der Waals surface area (Å²) >= 11 is 0. The first-order valence-corrected chi connectivity index (χ1v) is 9.20. The van der Waals surface area contributed by atoms with Crippen molar-refractivity contribution in [2.45, 2.75) is 33.6 Å². The lowest BCUT2D eigenvalue weighted by Gasteiger charge is -2.13. The first-order chi connectivity index (χ1) is 13.9. The number of esters is 2. The Bertz CT molecular complexity index is 967. The minimum Gasteiger partial charge on any atom is -0.466 e. The average molecular weight is 401 g/mol. The van der Waals surface area contributed by atoms with Crippen molar-refractivity contribution >= 4 is 23.5 Å². The van der Waals surface area contributed by atoms with E-state index in [4.69, 9.17) is 9.47 Å². The van der Waals surface area contributed by atoms with E-state index >= 15 is 0 Å². The van der Waals surface area contributed by atoms with Crippen LogP contribution in [-0.2, 0) is 19.1 Å². The van der Waals surface area contributed by atoms with Crippen LogP contribution in [0, 0.1) is 6.92 Å². The smallest absolute Gasteiger partial charge is 0.360 e. The number of carbonyl (C=O) groups is 3. The summed E-state index contributed by atoms with van der Waals surface area (Å²) in [5, 5.41) is 6.58. The van der Waals surface area contributed by atoms with Crippen molar-refractivity contribution in [3.05, 3.63) is 51.9 Å². The third-order valence-electron chi connectivity index (χ3n) is 3.88. The van der Waals surface area contributed by atoms with Crippen LogP contribution >= 0.6 is 0 Å². The van der Waals surface area contributed by atoms with Crippen molar-refractivity contribution in [2.75, 3.05) is 18.5 Å². The van der Waals surface area contributed by atoms with E-state index in [1.165, 1.54) is 0 Å². The van der Waals surface area contributed by atoms with Crippen LogP contribution in [0.25, 0.3) is 5.69 Å². The number of nitrogens with zero attached hydrogens (tertiary/aromatic N) is 2. The van der Waals surface area contributed by atoms with Crippen LogP contribution in [0.3, 0.4) is 0 Å². The van der Waals surface area contributed by atoms with Crippen molar-refractivity contribution in [2.24, 2.45) is 0 Å². The Balaban J connectivity index is 2.36. The highest BCUT2D eigenvalue weighted by Gasteiger charge is 2.21. The van der Waals surface area contributed by atoms with E-state index < -0.39 is 23.4 Å². The number of amides is 1. The maximum atomic E-state index is 12.6. The van der Waals surface area contributed by atoms with Gasteiger partial charge in [0.25, 0.3) is 5.56 Å². The molecule has 2 rings (SSSR count). The minimum atomic E-state index is -0.782. The third kappa shape index (κ3) is 5.74. The van der Waals surface area contributed by atoms with Gasteiger partial charge in [-0.05, 0) is 32.4 Å². The van der Waals surface area contributed by atoms with E-state index in [1.807, 2.05) is 6.07 Å². The second-order valence-electron chi connectivity index (χ2n) is 6.02. The molecule has 0 aliphatic rings. The first-order valence-electron chi connectivity index (χ1n) is 9.20. The van der Waals surface area contributed by atoms with Gasteiger partial charge >= 0.3 is 11.9 Å². The molecule has 29 heavy (non-hydrogen) atoms. The van der Waals surface area contributed by atoms with E-state index in [9.17, 15) is 19.2 Å². The molecular formula is C20H23N3O6. The third-order valence-corrected chi connectivity index (χ3v) is 3.88. The Morgan fingerprint density at radius 1 is 1.07 bits per heavy atom. The Morgan fingerprint density at radius 3 is 2.41 bits per heavy atom. The SMILES string of the molecule is CCOC(=O)CCC(=O)Nc1cc(=O)n(-c2ccccc2C)nc1C(=O)OCC. The van der Waals surface area contributed by atoms with Gasteiger partial charge in [0, 0.05) is 12.5 Å². The number of rotatable bonds is 8. The largest absolute Gasteiger partial charge is 0.466 e. The molecule has 1 aromatic heterocycles. The molecular weight excluding hydrogens is 378 g/mol. The van der Waals surface area contributed by atoms with Crippen LogP contribution in [-0.4, -0.2) is 40.8 Å². The van der Waals surface area contributed by atoms with Crippen molar-refractivity contribution < 1.29 is 23.9 Å². The van der Waals surface area contributed by atoms with Crippen molar-refractivity contribution in [3.63, 3.8) is 0 Å². The number of ether oxygens (including phenoxy) is 2. The molecule has 0 spiro atoms. The van der Waals surface area contributed by atoms with Crippen LogP contribution in [0.15, 0.2) is 35.1 Å². The lowest BCUT2D eigenvalue weighted by Crippen LogP contribution is -2.27. The van der Waals surface area contributed by atoms with E-state index in [2.05, 4.69) is 10.4 Å². The summed E-state index contributed by atoms with van der Waals surface area (Å²) in [6.45, 7) is 5.42. The number of nitrogens with one attached hydrogen (secondary N) is 1. The number of aryl methyl sites for hydroxylation is 1. The highest BCUT2D eigenvalue weighted by Crippen LogP contribution is 2.16. The fourth-order valence-corrected chi connectivity index (χ4v) is 2.54. The molecule has 0 atom stereocenters. The van der Waals surface area contributed by atoms with Crippen LogP contribution in [0.2, 0.25) is 0 Å². The molecule has 154 valence electrons. The van der Waals surface area contributed by atoms with Gasteiger partial charge in [-0.25, -0.2) is 4.79 Å². The molecule has 2 aromatic rings. The van der Waals surface area contributed by atoms with Gasteiger partial charge in [-0.15, -0.1) is 0 Å². The molecule has 0 bridgehead atoms. The molecule has 1 heterocycles. The molecule has 1 aromatic carbocycles. The molecule has 0 unspecified atom stereocenters. The minimum absolute atomic E-state index is 0.0767. The van der Waals surface area contributed by atoms with Crippen LogP contribution < -0.4 is 10.9 Å². The van der Waals surface area contributed by atoms with Gasteiger partial charge < -0.3 is 14.8 Å². The number of anilines is 1. The topological polar surface area (TPSA) is 117 Å². The van der Waals surface area contributed by atoms with E-state index in [0.717, 1.165) is 16.3 Å². The fraction of sp³-hybridized carbons (Fsp3) is 0.350. The normalized spacial score (nSPS) is 10.3. The van der Waals surface area contributed by atoms with E-state index in [-0.39, 0.29) is 37.4 Å². The van der Waals surface area contributed by atoms with Crippen molar-refractivity contribution in [1.82, 2.24) is 9.78 Å². The highest BCUT2D eigenvalue weighted by molar-refractivity contribution is 6.00. The zero-order chi connectivity index (χ0) is 21.4. The monoisotopic (exact) mass is 401 g/mol. The predicted octanol–water partition coefficient (Wildman–Crippen LogP) is 2.00. The van der Waals surface area contributed by atoms with E-state index in [1.54, 1.807) is 39.0 Å². The number of para-hydroxylation sites is 1. The predicted molar refractivity (Wildman–Crippen MR) is 105 cm³/mol. The quantitative estimate of drug-likeness (QED) is 0.672. The standard InChI is InChI=1S/C20H23N3O6/c1-4-28-18(26)11-10-16(24)21-14-12-17(25)23(15-9-7-6-8-13(15)3)22-19(14)20(27)29-5-2/h6-9,12H,4-5,10-11H2,1-3H3,(H,21,24). The number of aromatic nitrogens is 2. The molecule has 0 aliphatic carbocycles. The Kier molecular flexibility index (Phi) is 7.64. The molecule has 0 aliphatic heterocycles. The zero-order valence-electron chi connectivity index (χ0n) is 16.6. The van der Waals surface area contributed by atoms with Crippen LogP contribution in [0.1, 0.15) is 42.7 Å². The maximum Gasteiger partial charge on any atom is 0.360 e. The van der Waals surface area contributed by atoms with Crippen molar-refractivity contribution in [3.8, 4) is 5.69 Å². The maximum absolute atomic E-state index is 12.6. The zero-order valence-corrected chi connectivity index (χ0v) is 16.6. The number of carbonyl (C=O) groups excluding carboxylic acids is 3. The second-order valence-corrected chi connectivity index (χ2v) is 6.02. The van der Waals surface area contributed by atoms with Gasteiger partial charge in [0.15, 0.2) is 5.69 Å². The van der Waals surface area contributed by atoms with Crippen molar-refractivity contribution in [1.29, 1.82) is 0 Å². The Hall–Kier alpha value is -3.49. The Morgan fingerprint density at radius 2 is 1.76 bits per heavy atom. The first kappa shape index (κ1) is 21.8. The lowest BCUT2D eigenvalue weighted by atomic mass is 10.2. The molecule has 0 saturated heterocycles. The number of benzene rings is 1. The molecule has 0 radical (unpaired) electrons. The van der Waals surface area contributed by atoms with Gasteiger partial charge in [0.2, 0.25) is 5.91 Å². The molecule has 1 amide bonds. The summed E-state index contributed by atoms with van der Waals surface area (Å²) in [7, 11) is 0. The highest BCUT2D eigenvalue weighted by atomic mass is 16.5. The van der Waals surface area contributed by atoms with Gasteiger partial charge in [-0.2, -0.15) is 9.78 Å². The summed E-state index contributed by atoms with van der Waals surface area (Å²) in [5.41, 5.74) is 0.464. The molecule has 0 fully saturated rings. The van der Waals surface area contributed by atoms with Gasteiger partial charge in [0.1, 0.15) is 0 Å². The molecule has 9 heteroatoms. The summed E-state index contributed by atoms with van der Waals surface area (Å²) in [6, 6.07) is 8.16. The summed E-state index contributed by atoms with van der Waals surface area (Å²) in [6.07, 6.45) is -0.288. The number of hydrogen-bond donors (Lipinski definition) is 1. The summed E-state index contributed by atoms with van der Waals surface area (Å²) < 4.78 is 10.9. The average Bonchev–Trinajstić information content (AvgIpc) is 2.68. The fourth-order valence-electron chi connectivity index (χ4n) is 2.54. The number of hydrogen-bond acceptors (Lipinski definition) is 7. The molecule has 9 nitrogen and oxygen atoms in total. The van der Waals surface area contributed by atoms with Gasteiger partial charge in [-0.3, -0.25) is 14.4 Å². The van der Waals surface area contributed by atoms with Crippen LogP contribution in [0.5, 0.6) is 0 Å². The van der Waals surface area contributed by atoms with Crippen LogP contribution in [0.4, 0.5) is 5.69 Å². The summed E-state index contributed by atoms with van der Waals surface area (Å²) in [4.78, 5) is 48.5. The van der Waals surface area contributed by atoms with Gasteiger partial charge in [0.05, 0.1) is 31.0 Å². The lowest BCUT2D eigenvalue weighted by molar-refractivity contribution is -0.144. The summed E-state index contributed by atoms with van der Waals surface area (Å²) in [5.74, 6) is -1.85. The Labute approximate surface area is 167 Å². The molecule has 0 saturated carbocycles.